The van der Waals surface area contributed by atoms with Crippen molar-refractivity contribution in [3.05, 3.63) is 30.1 Å². The second-order valence-electron chi connectivity index (χ2n) is 1.46. The van der Waals surface area contributed by atoms with E-state index in [1.54, 1.807) is 24.5 Å². The zero-order chi connectivity index (χ0) is 8.53. The van der Waals surface area contributed by atoms with Gasteiger partial charge in [-0.2, -0.15) is 5.26 Å². The molecule has 4 nitrogen and oxygen atoms in total. The molecule has 1 aromatic rings. The monoisotopic (exact) mass is 149 g/mol. The van der Waals surface area contributed by atoms with Gasteiger partial charge in [0.1, 0.15) is 0 Å². The summed E-state index contributed by atoms with van der Waals surface area (Å²) in [6, 6.07) is 5.32. The lowest BCUT2D eigenvalue weighted by molar-refractivity contribution is 0.448. The Kier molecular flexibility index (Phi) is 5.90. The maximum Gasteiger partial charge on any atom is 0.482 e. The van der Waals surface area contributed by atoms with E-state index in [9.17, 15) is 0 Å². The smallest absolute Gasteiger partial charge is 0.429 e. The summed E-state index contributed by atoms with van der Waals surface area (Å²) in [5.74, 6) is 0. The summed E-state index contributed by atoms with van der Waals surface area (Å²) in [7, 11) is 0. The van der Waals surface area contributed by atoms with Gasteiger partial charge in [-0.3, -0.25) is 4.98 Å². The van der Waals surface area contributed by atoms with Crippen molar-refractivity contribution in [1.82, 2.24) is 4.98 Å². The molecule has 0 saturated carbocycles. The van der Waals surface area contributed by atoms with Crippen LogP contribution in [0.25, 0.3) is 0 Å². The minimum absolute atomic E-state index is 0. The predicted octanol–water partition coefficient (Wildman–Crippen LogP) is -0.542. The van der Waals surface area contributed by atoms with Crippen molar-refractivity contribution < 1.29 is 10.0 Å². The lowest BCUT2D eigenvalue weighted by Crippen LogP contribution is -1.75. The van der Waals surface area contributed by atoms with E-state index < -0.39 is 0 Å². The molecule has 1 rings (SSSR count). The first kappa shape index (κ1) is 9.62. The molecule has 2 N–H and O–H groups in total. The number of nitrogens with zero attached hydrogens (tertiary/aromatic N) is 2. The van der Waals surface area contributed by atoms with Crippen LogP contribution in [0.5, 0.6) is 0 Å². The van der Waals surface area contributed by atoms with Crippen molar-refractivity contribution in [1.29, 1.82) is 5.26 Å². The molecule has 1 aromatic heterocycles. The Morgan fingerprint density at radius 1 is 1.36 bits per heavy atom. The highest BCUT2D eigenvalue weighted by atomic mass is 16.4. The first-order chi connectivity index (χ1) is 5.35. The van der Waals surface area contributed by atoms with Gasteiger partial charge in [0.15, 0.2) is 0 Å². The van der Waals surface area contributed by atoms with Gasteiger partial charge in [-0.1, -0.05) is 0 Å². The summed E-state index contributed by atoms with van der Waals surface area (Å²) < 4.78 is 0. The lowest BCUT2D eigenvalue weighted by Gasteiger charge is -1.79. The van der Waals surface area contributed by atoms with Gasteiger partial charge in [-0.05, 0) is 12.1 Å². The van der Waals surface area contributed by atoms with E-state index in [0.717, 1.165) is 0 Å². The Hall–Kier alpha value is -1.38. The summed E-state index contributed by atoms with van der Waals surface area (Å²) >= 11 is 0. The quantitative estimate of drug-likeness (QED) is 0.485. The number of pyridine rings is 1. The van der Waals surface area contributed by atoms with Crippen molar-refractivity contribution in [3.63, 3.8) is 0 Å². The average molecular weight is 149 g/mol. The van der Waals surface area contributed by atoms with Gasteiger partial charge in [0, 0.05) is 12.4 Å². The van der Waals surface area contributed by atoms with Crippen molar-refractivity contribution in [2.75, 3.05) is 0 Å². The zero-order valence-electron chi connectivity index (χ0n) is 5.68. The van der Waals surface area contributed by atoms with Gasteiger partial charge >= 0.3 is 7.69 Å². The summed E-state index contributed by atoms with van der Waals surface area (Å²) in [6.07, 6.45) is 3.19. The van der Waals surface area contributed by atoms with Crippen LogP contribution >= 0.6 is 0 Å². The largest absolute Gasteiger partial charge is 0.482 e. The molecule has 1 radical (unpaired) electrons. The molecular formula is C6H6BN2O2. The molecule has 0 atom stereocenters. The molecular weight excluding hydrogens is 143 g/mol. The Morgan fingerprint density at radius 2 is 1.82 bits per heavy atom. The topological polar surface area (TPSA) is 77.1 Å². The van der Waals surface area contributed by atoms with Gasteiger partial charge in [0.05, 0.1) is 11.6 Å². The first-order valence-electron chi connectivity index (χ1n) is 2.75. The highest BCUT2D eigenvalue weighted by Crippen LogP contribution is 1.89. The summed E-state index contributed by atoms with van der Waals surface area (Å²) in [5.41, 5.74) is 0.653. The van der Waals surface area contributed by atoms with E-state index in [0.29, 0.717) is 5.56 Å². The van der Waals surface area contributed by atoms with E-state index in [4.69, 9.17) is 15.3 Å². The molecule has 0 saturated heterocycles. The fourth-order valence-corrected chi connectivity index (χ4v) is 0.426. The van der Waals surface area contributed by atoms with Crippen LogP contribution < -0.4 is 0 Å². The van der Waals surface area contributed by atoms with Crippen LogP contribution in [-0.2, 0) is 0 Å². The van der Waals surface area contributed by atoms with Gasteiger partial charge in [-0.25, -0.2) is 0 Å². The third-order valence-corrected chi connectivity index (χ3v) is 0.809. The number of hydrogen-bond acceptors (Lipinski definition) is 4. The Morgan fingerprint density at radius 3 is 2.09 bits per heavy atom. The van der Waals surface area contributed by atoms with E-state index in [1.165, 1.54) is 0 Å². The molecule has 11 heavy (non-hydrogen) atoms. The van der Waals surface area contributed by atoms with E-state index in [2.05, 4.69) is 4.98 Å². The van der Waals surface area contributed by atoms with Crippen LogP contribution in [-0.4, -0.2) is 22.7 Å². The Labute approximate surface area is 65.1 Å². The van der Waals surface area contributed by atoms with Crippen LogP contribution in [0.2, 0.25) is 0 Å². The van der Waals surface area contributed by atoms with Crippen LogP contribution in [0.15, 0.2) is 24.5 Å². The molecule has 5 heteroatoms. The maximum absolute atomic E-state index is 8.26. The molecule has 0 fully saturated rings. The minimum atomic E-state index is 0. The molecule has 0 aliphatic carbocycles. The molecule has 0 aliphatic rings. The van der Waals surface area contributed by atoms with Crippen molar-refractivity contribution in [2.24, 2.45) is 0 Å². The zero-order valence-corrected chi connectivity index (χ0v) is 5.68. The van der Waals surface area contributed by atoms with Crippen LogP contribution in [0, 0.1) is 11.3 Å². The number of hydrogen-bond donors (Lipinski definition) is 2. The fourth-order valence-electron chi connectivity index (χ4n) is 0.426. The van der Waals surface area contributed by atoms with E-state index in [-0.39, 0.29) is 7.69 Å². The highest BCUT2D eigenvalue weighted by Gasteiger charge is 1.80. The molecule has 0 unspecified atom stereocenters. The minimum Gasteiger partial charge on any atom is -0.429 e. The van der Waals surface area contributed by atoms with Crippen molar-refractivity contribution in [3.8, 4) is 6.07 Å². The molecule has 0 aliphatic heterocycles. The second-order valence-corrected chi connectivity index (χ2v) is 1.46. The van der Waals surface area contributed by atoms with Crippen LogP contribution in [0.4, 0.5) is 0 Å². The number of aromatic nitrogens is 1. The summed E-state index contributed by atoms with van der Waals surface area (Å²) in [5, 5.41) is 22.3. The second kappa shape index (κ2) is 6.74. The van der Waals surface area contributed by atoms with Crippen LogP contribution in [0.1, 0.15) is 5.56 Å². The van der Waals surface area contributed by atoms with Crippen molar-refractivity contribution >= 4 is 7.69 Å². The van der Waals surface area contributed by atoms with Gasteiger partial charge in [0.2, 0.25) is 0 Å². The molecule has 0 bridgehead atoms. The SMILES string of the molecule is N#Cc1ccncc1.O[B]O. The summed E-state index contributed by atoms with van der Waals surface area (Å²) in [6.45, 7) is 0. The normalized spacial score (nSPS) is 7.00. The van der Waals surface area contributed by atoms with Gasteiger partial charge in [-0.15, -0.1) is 0 Å². The molecule has 55 valence electrons. The first-order valence-corrected chi connectivity index (χ1v) is 2.75. The molecule has 1 heterocycles. The molecule has 0 aromatic carbocycles. The average Bonchev–Trinajstić information content (AvgIpc) is 2.08. The highest BCUT2D eigenvalue weighted by molar-refractivity contribution is 6.13. The van der Waals surface area contributed by atoms with E-state index in [1.807, 2.05) is 6.07 Å². The van der Waals surface area contributed by atoms with E-state index >= 15 is 0 Å². The third kappa shape index (κ3) is 5.09. The number of rotatable bonds is 0. The Balaban J connectivity index is 0.000000292. The Bertz CT molecular complexity index is 222. The lowest BCUT2D eigenvalue weighted by atomic mass is 10.3. The fraction of sp³-hybridized carbons (Fsp3) is 0. The third-order valence-electron chi connectivity index (χ3n) is 0.809. The predicted molar refractivity (Wildman–Crippen MR) is 39.1 cm³/mol. The van der Waals surface area contributed by atoms with Gasteiger partial charge < -0.3 is 10.0 Å². The summed E-state index contributed by atoms with van der Waals surface area (Å²) in [4.78, 5) is 3.74. The standard InChI is InChI=1S/C6H4N2.BH2O2/c7-5-6-1-3-8-4-2-6;2-1-3/h1-4H;2-3H. The molecule has 0 spiro atoms. The van der Waals surface area contributed by atoms with Crippen molar-refractivity contribution in [2.45, 2.75) is 0 Å². The van der Waals surface area contributed by atoms with Crippen LogP contribution in [0.3, 0.4) is 0 Å². The van der Waals surface area contributed by atoms with Gasteiger partial charge in [0.25, 0.3) is 0 Å². The number of nitriles is 1. The maximum atomic E-state index is 8.26. The molecule has 0 amide bonds.